The standard InChI is InChI=1S/C36H33F2N7O3.C36H36FN7O3.C36H34FN7O2S/c1-48-36(35(47)41-27-8-10-31-29(20-27)33(43-42-31)24-3-6-26(37)7-4-24)13-18-44(22-36)21-32(46)45-16-11-23(12-17-45)28-9-5-25(19-30(28)38)34-39-14-2-15-40-34;2*1-47-36(35(46)40-29-11-12-31-30(21-29)33(42-41-31)26-7-9-28(37)10-8-26)15-20-43(23-36)22-32(45)44-18-13-25(14-19-44)24-3-5-27(6-4-24)34-38-16-2-17-39-34/h2-11,14-15,19-20H,12-13,16-18,21-22H2,1H3,(H,41,47)(H,42,43);2-12,16-17,21,25H,13-15,18-20,22-23H2,1H3,(H,40,46)(H,41,42);2-13,16-17,21H,14-15,18-20,22-23H2,1H3,(H,40,46)(H,41,42)/t3*36-/m000/s1. The van der Waals surface area contributed by atoms with E-state index in [0.29, 0.717) is 166 Å². The molecule has 0 saturated carbocycles. The Bertz CT molecular complexity index is 7190. The number of halogens is 4. The molecule has 21 rings (SSSR count). The smallest absolute Gasteiger partial charge is 0.258 e. The lowest BCUT2D eigenvalue weighted by molar-refractivity contribution is -0.138. The average Bonchev–Trinajstić information content (AvgIpc) is 1.63. The molecule has 9 aromatic carbocycles. The molecule has 142 heavy (non-hydrogen) atoms. The van der Waals surface area contributed by atoms with E-state index in [-0.39, 0.29) is 84.9 Å². The molecule has 0 bridgehead atoms. The molecule has 29 nitrogen and oxygen atoms in total. The monoisotopic (exact) mass is 1930 g/mol. The number of carbonyl (C=O) groups is 6. The van der Waals surface area contributed by atoms with Crippen molar-refractivity contribution in [3.63, 3.8) is 0 Å². The molecule has 3 atom stereocenters. The van der Waals surface area contributed by atoms with Crippen LogP contribution in [0.3, 0.4) is 0 Å². The second kappa shape index (κ2) is 42.5. The highest BCUT2D eigenvalue weighted by Crippen LogP contribution is 2.41. The quantitative estimate of drug-likeness (QED) is 0.0306. The maximum atomic E-state index is 15.1. The summed E-state index contributed by atoms with van der Waals surface area (Å²) >= 11 is 1.53. The summed E-state index contributed by atoms with van der Waals surface area (Å²) < 4.78 is 66.4. The van der Waals surface area contributed by atoms with E-state index in [2.05, 4.69) is 124 Å². The number of piperidine rings is 1. The summed E-state index contributed by atoms with van der Waals surface area (Å²) in [6.07, 6.45) is 20.8. The zero-order valence-corrected chi connectivity index (χ0v) is 79.2. The van der Waals surface area contributed by atoms with E-state index in [4.69, 9.17) is 9.47 Å². The Morgan fingerprint density at radius 3 is 1.16 bits per heavy atom. The third-order valence-electron chi connectivity index (χ3n) is 27.6. The molecular formula is C108H103F4N21O8S. The number of carbonyl (C=O) groups excluding carboxylic acids is 6. The summed E-state index contributed by atoms with van der Waals surface area (Å²) in [6.45, 7) is 6.98. The first-order valence-electron chi connectivity index (χ1n) is 47.2. The molecule has 6 aliphatic rings. The van der Waals surface area contributed by atoms with Crippen LogP contribution in [0.25, 0.3) is 112 Å². The molecule has 6 N–H and O–H groups in total. The van der Waals surface area contributed by atoms with Crippen molar-refractivity contribution < 1.29 is 55.8 Å². The third-order valence-corrected chi connectivity index (χ3v) is 28.9. The van der Waals surface area contributed by atoms with Crippen LogP contribution in [0.4, 0.5) is 34.6 Å². The van der Waals surface area contributed by atoms with Crippen molar-refractivity contribution in [2.75, 3.05) is 135 Å². The number of benzene rings is 9. The van der Waals surface area contributed by atoms with Gasteiger partial charge in [0.1, 0.15) is 28.0 Å². The van der Waals surface area contributed by atoms with Gasteiger partial charge in [0.15, 0.2) is 28.7 Å². The molecule has 12 heterocycles. The van der Waals surface area contributed by atoms with Gasteiger partial charge in [-0.1, -0.05) is 72.8 Å². The largest absolute Gasteiger partial charge is 0.367 e. The number of thioether (sulfide) groups is 1. The number of rotatable bonds is 24. The average molecular weight is 1930 g/mol. The van der Waals surface area contributed by atoms with Gasteiger partial charge < -0.3 is 40.1 Å². The highest BCUT2D eigenvalue weighted by Gasteiger charge is 2.49. The molecule has 6 aromatic heterocycles. The van der Waals surface area contributed by atoms with Gasteiger partial charge in [-0.05, 0) is 231 Å². The number of anilines is 3. The molecule has 0 unspecified atom stereocenters. The van der Waals surface area contributed by atoms with Crippen molar-refractivity contribution >= 4 is 108 Å². The van der Waals surface area contributed by atoms with Crippen LogP contribution in [-0.2, 0) is 38.2 Å². The maximum Gasteiger partial charge on any atom is 0.258 e. The van der Waals surface area contributed by atoms with Gasteiger partial charge in [-0.3, -0.25) is 58.8 Å². The van der Waals surface area contributed by atoms with Crippen LogP contribution in [0.5, 0.6) is 0 Å². The van der Waals surface area contributed by atoms with Gasteiger partial charge in [-0.15, -0.1) is 11.8 Å². The number of amides is 6. The lowest BCUT2D eigenvalue weighted by atomic mass is 9.89. The van der Waals surface area contributed by atoms with E-state index in [0.717, 1.165) is 90.9 Å². The number of hydrogen-bond acceptors (Lipinski definition) is 21. The molecule has 0 radical (unpaired) electrons. The van der Waals surface area contributed by atoms with E-state index >= 15 is 4.39 Å². The zero-order chi connectivity index (χ0) is 98.0. The van der Waals surface area contributed by atoms with Crippen molar-refractivity contribution in [3.05, 3.63) is 302 Å². The normalized spacial score (nSPS) is 18.5. The number of methoxy groups -OCH3 is 2. The number of nitrogens with one attached hydrogen (secondary N) is 6. The number of H-pyrrole nitrogens is 3. The number of aromatic nitrogens is 12. The first-order valence-corrected chi connectivity index (χ1v) is 48.4. The minimum Gasteiger partial charge on any atom is -0.367 e. The maximum absolute atomic E-state index is 15.1. The number of likely N-dealkylation sites (tertiary alicyclic amines) is 4. The van der Waals surface area contributed by atoms with Crippen LogP contribution >= 0.6 is 11.8 Å². The lowest BCUT2D eigenvalue weighted by Crippen LogP contribution is -2.48. The predicted octanol–water partition coefficient (Wildman–Crippen LogP) is 16.5. The SMILES string of the molecule is CO[C@@]1(C(=O)Nc2ccc3[nH]nc(-c4ccc(F)cc4)c3c2)CCN(CC(=O)N2CC=C(c3ccc(-c4ncccn4)cc3F)CC2)C1.CO[C@@]1(C(=O)Nc2ccc3[nH]nc(-c4ccc(F)cc4)c3c2)CCN(CC(=O)N2CCC(c3ccc(-c4ncccn4)cc3)CC2)C1.CS[C@@]1(C(=O)Nc2ccc3[nH]nc(-c4ccc(F)cc4)c3c2)CCN(CC(=O)N2CC=C(c3ccc(-c4ncccn4)cc3)CC2)C1. The van der Waals surface area contributed by atoms with Crippen LogP contribution in [0.1, 0.15) is 67.6 Å². The Balaban J connectivity index is 0.000000135. The molecule has 6 amide bonds. The molecule has 722 valence electrons. The zero-order valence-electron chi connectivity index (χ0n) is 78.4. The Labute approximate surface area is 820 Å². The first-order chi connectivity index (χ1) is 69.1. The first kappa shape index (κ1) is 95.7. The Hall–Kier alpha value is -15.2. The molecule has 34 heteroatoms. The number of fused-ring (bicyclic) bond motifs is 3. The fourth-order valence-corrected chi connectivity index (χ4v) is 20.3. The Morgan fingerprint density at radius 2 is 0.761 bits per heavy atom. The fraction of sp³-hybridized carbons (Fsp3) is 0.269. The predicted molar refractivity (Wildman–Crippen MR) is 539 cm³/mol. The van der Waals surface area contributed by atoms with E-state index in [1.54, 1.807) is 122 Å². The fourth-order valence-electron chi connectivity index (χ4n) is 19.4. The molecule has 0 spiro atoms. The molecule has 4 saturated heterocycles. The van der Waals surface area contributed by atoms with Crippen LogP contribution in [0.2, 0.25) is 0 Å². The summed E-state index contributed by atoms with van der Waals surface area (Å²) in [5, 5.41) is 33.7. The summed E-state index contributed by atoms with van der Waals surface area (Å²) in [6, 6.07) is 61.9. The highest BCUT2D eigenvalue weighted by atomic mass is 32.2. The van der Waals surface area contributed by atoms with Gasteiger partial charge in [0, 0.05) is 202 Å². The number of aromatic amines is 3. The lowest BCUT2D eigenvalue weighted by Gasteiger charge is -2.33. The van der Waals surface area contributed by atoms with Crippen molar-refractivity contribution in [1.82, 2.24) is 89.9 Å². The summed E-state index contributed by atoms with van der Waals surface area (Å²) in [5.74, 6) is 0.405. The molecule has 6 aliphatic heterocycles. The number of ether oxygens (including phenoxy) is 2. The third kappa shape index (κ3) is 21.3. The van der Waals surface area contributed by atoms with Crippen LogP contribution in [0.15, 0.2) is 262 Å². The molecule has 4 fully saturated rings. The van der Waals surface area contributed by atoms with Crippen LogP contribution < -0.4 is 16.0 Å². The van der Waals surface area contributed by atoms with Crippen molar-refractivity contribution in [2.45, 2.75) is 66.8 Å². The summed E-state index contributed by atoms with van der Waals surface area (Å²) in [7, 11) is 3.05. The van der Waals surface area contributed by atoms with E-state index in [1.165, 1.54) is 72.5 Å². The van der Waals surface area contributed by atoms with Crippen molar-refractivity contribution in [2.24, 2.45) is 0 Å². The van der Waals surface area contributed by atoms with E-state index in [1.807, 2.05) is 92.6 Å². The number of nitrogens with zero attached hydrogens (tertiary/aromatic N) is 15. The second-order valence-corrected chi connectivity index (χ2v) is 37.5. The van der Waals surface area contributed by atoms with Gasteiger partial charge >= 0.3 is 0 Å². The van der Waals surface area contributed by atoms with Crippen molar-refractivity contribution in [3.8, 4) is 67.9 Å². The highest BCUT2D eigenvalue weighted by molar-refractivity contribution is 8.00. The van der Waals surface area contributed by atoms with Gasteiger partial charge in [-0.2, -0.15) is 15.3 Å². The van der Waals surface area contributed by atoms with Crippen molar-refractivity contribution in [1.29, 1.82) is 0 Å². The van der Waals surface area contributed by atoms with Gasteiger partial charge in [0.2, 0.25) is 23.6 Å². The van der Waals surface area contributed by atoms with E-state index < -0.39 is 15.9 Å². The molecular weight excluding hydrogens is 1830 g/mol. The topological polar surface area (TPSA) is 340 Å². The number of hydrogen-bond donors (Lipinski definition) is 6. The molecule has 0 aliphatic carbocycles. The minimum atomic E-state index is -1.13. The summed E-state index contributed by atoms with van der Waals surface area (Å²) in [4.78, 5) is 118. The van der Waals surface area contributed by atoms with Gasteiger partial charge in [0.25, 0.3) is 11.8 Å². The Kier molecular flexibility index (Phi) is 28.6. The van der Waals surface area contributed by atoms with Gasteiger partial charge in [0.05, 0.1) is 53.3 Å². The minimum absolute atomic E-state index is 0.0617. The Morgan fingerprint density at radius 1 is 0.394 bits per heavy atom. The van der Waals surface area contributed by atoms with Gasteiger partial charge in [-0.25, -0.2) is 47.5 Å². The molecule has 15 aromatic rings. The van der Waals surface area contributed by atoms with Crippen LogP contribution in [0, 0.1) is 23.3 Å². The second-order valence-electron chi connectivity index (χ2n) is 36.3. The van der Waals surface area contributed by atoms with Crippen LogP contribution in [-0.4, -0.2) is 260 Å². The summed E-state index contributed by atoms with van der Waals surface area (Å²) in [5.41, 5.74) is 13.9. The van der Waals surface area contributed by atoms with E-state index in [9.17, 15) is 41.9 Å².